The molecule has 0 bridgehead atoms. The van der Waals surface area contributed by atoms with Crippen LogP contribution in [-0.4, -0.2) is 29.2 Å². The lowest BCUT2D eigenvalue weighted by atomic mass is 10.0. The summed E-state index contributed by atoms with van der Waals surface area (Å²) in [7, 11) is 0. The standard InChI is InChI=1S/C22H23N5O2.ClH/c23-12-6-14-24-13-4-3-11-20(28)25-17-8-5-7-16(15-17)21-18-9-1-2-10-19(18)22(29)27-26-21;/h1-2,5,7-10,15,24H,3-4,6,11,13-14H2,(H,25,28)(H,27,29);1H. The lowest BCUT2D eigenvalue weighted by molar-refractivity contribution is -0.116. The molecule has 30 heavy (non-hydrogen) atoms. The number of hydrogen-bond donors (Lipinski definition) is 3. The maximum absolute atomic E-state index is 12.2. The van der Waals surface area contributed by atoms with E-state index >= 15 is 0 Å². The van der Waals surface area contributed by atoms with Gasteiger partial charge in [-0.3, -0.25) is 9.59 Å². The number of anilines is 1. The summed E-state index contributed by atoms with van der Waals surface area (Å²) in [5.41, 5.74) is 1.95. The molecular weight excluding hydrogens is 402 g/mol. The van der Waals surface area contributed by atoms with E-state index < -0.39 is 0 Å². The van der Waals surface area contributed by atoms with Crippen LogP contribution < -0.4 is 16.2 Å². The fraction of sp³-hybridized carbons (Fsp3) is 0.273. The molecule has 0 fully saturated rings. The van der Waals surface area contributed by atoms with Gasteiger partial charge in [0.05, 0.1) is 17.1 Å². The summed E-state index contributed by atoms with van der Waals surface area (Å²) in [4.78, 5) is 24.2. The van der Waals surface area contributed by atoms with Crippen LogP contribution in [0.4, 0.5) is 5.69 Å². The zero-order valence-corrected chi connectivity index (χ0v) is 17.3. The lowest BCUT2D eigenvalue weighted by Crippen LogP contribution is -2.17. The third kappa shape index (κ3) is 6.14. The van der Waals surface area contributed by atoms with E-state index in [1.54, 1.807) is 6.07 Å². The molecule has 1 aromatic heterocycles. The molecule has 156 valence electrons. The van der Waals surface area contributed by atoms with Crippen LogP contribution in [0.15, 0.2) is 53.3 Å². The number of halogens is 1. The molecule has 0 saturated heterocycles. The van der Waals surface area contributed by atoms with E-state index in [2.05, 4.69) is 26.9 Å². The number of nitriles is 1. The second kappa shape index (κ2) is 11.7. The number of hydrogen-bond acceptors (Lipinski definition) is 5. The van der Waals surface area contributed by atoms with E-state index in [1.165, 1.54) is 0 Å². The van der Waals surface area contributed by atoms with Gasteiger partial charge in [-0.1, -0.05) is 30.3 Å². The van der Waals surface area contributed by atoms with Gasteiger partial charge in [-0.15, -0.1) is 12.4 Å². The third-order valence-electron chi connectivity index (χ3n) is 4.54. The van der Waals surface area contributed by atoms with Crippen molar-refractivity contribution in [2.75, 3.05) is 18.4 Å². The summed E-state index contributed by atoms with van der Waals surface area (Å²) in [6.07, 6.45) is 2.59. The van der Waals surface area contributed by atoms with Gasteiger partial charge in [0, 0.05) is 36.0 Å². The summed E-state index contributed by atoms with van der Waals surface area (Å²) in [6.45, 7) is 1.48. The lowest BCUT2D eigenvalue weighted by Gasteiger charge is -2.09. The molecule has 8 heteroatoms. The molecule has 3 rings (SSSR count). The second-order valence-electron chi connectivity index (χ2n) is 6.69. The molecule has 0 saturated carbocycles. The summed E-state index contributed by atoms with van der Waals surface area (Å²) in [5.74, 6) is -0.0431. The average molecular weight is 426 g/mol. The predicted molar refractivity (Wildman–Crippen MR) is 121 cm³/mol. The Morgan fingerprint density at radius 2 is 1.87 bits per heavy atom. The molecule has 0 atom stereocenters. The van der Waals surface area contributed by atoms with Gasteiger partial charge >= 0.3 is 0 Å². The quantitative estimate of drug-likeness (QED) is 0.453. The molecule has 7 nitrogen and oxygen atoms in total. The first-order valence-corrected chi connectivity index (χ1v) is 9.64. The van der Waals surface area contributed by atoms with E-state index in [4.69, 9.17) is 5.26 Å². The van der Waals surface area contributed by atoms with Crippen LogP contribution in [0.5, 0.6) is 0 Å². The van der Waals surface area contributed by atoms with E-state index in [0.29, 0.717) is 36.2 Å². The SMILES string of the molecule is Cl.N#CCCNCCCCC(=O)Nc1cccc(-c2n[nH]c(=O)c3ccccc23)c1. The topological polar surface area (TPSA) is 111 Å². The van der Waals surface area contributed by atoms with Crippen LogP contribution in [0.1, 0.15) is 25.7 Å². The number of aromatic amines is 1. The molecule has 0 aliphatic rings. The zero-order chi connectivity index (χ0) is 20.5. The smallest absolute Gasteiger partial charge is 0.272 e. The number of benzene rings is 2. The Kier molecular flexibility index (Phi) is 9.01. The highest BCUT2D eigenvalue weighted by Gasteiger charge is 2.10. The summed E-state index contributed by atoms with van der Waals surface area (Å²) in [5, 5.41) is 22.7. The summed E-state index contributed by atoms with van der Waals surface area (Å²) < 4.78 is 0. The van der Waals surface area contributed by atoms with Crippen LogP contribution in [0, 0.1) is 11.3 Å². The molecule has 0 aliphatic carbocycles. The number of aromatic nitrogens is 2. The Labute approximate surface area is 180 Å². The fourth-order valence-corrected chi connectivity index (χ4v) is 3.11. The molecule has 0 aliphatic heterocycles. The van der Waals surface area contributed by atoms with Crippen molar-refractivity contribution in [2.45, 2.75) is 25.7 Å². The summed E-state index contributed by atoms with van der Waals surface area (Å²) in [6, 6.07) is 16.8. The van der Waals surface area contributed by atoms with Crippen molar-refractivity contribution in [2.24, 2.45) is 0 Å². The number of carbonyl (C=O) groups is 1. The highest BCUT2D eigenvalue weighted by molar-refractivity contribution is 5.95. The van der Waals surface area contributed by atoms with E-state index in [1.807, 2.05) is 42.5 Å². The summed E-state index contributed by atoms with van der Waals surface area (Å²) >= 11 is 0. The van der Waals surface area contributed by atoms with Crippen LogP contribution in [0.25, 0.3) is 22.0 Å². The van der Waals surface area contributed by atoms with Gasteiger partial charge in [-0.05, 0) is 37.6 Å². The first-order valence-electron chi connectivity index (χ1n) is 9.64. The molecule has 0 spiro atoms. The zero-order valence-electron chi connectivity index (χ0n) is 16.5. The number of amides is 1. The molecule has 3 N–H and O–H groups in total. The Bertz CT molecular complexity index is 1090. The minimum atomic E-state index is -0.226. The van der Waals surface area contributed by atoms with Crippen molar-refractivity contribution in [3.05, 3.63) is 58.9 Å². The second-order valence-corrected chi connectivity index (χ2v) is 6.69. The number of H-pyrrole nitrogens is 1. The van der Waals surface area contributed by atoms with Gasteiger partial charge in [-0.2, -0.15) is 10.4 Å². The third-order valence-corrected chi connectivity index (χ3v) is 4.54. The monoisotopic (exact) mass is 425 g/mol. The van der Waals surface area contributed by atoms with Gasteiger partial charge < -0.3 is 10.6 Å². The van der Waals surface area contributed by atoms with Gasteiger partial charge in [-0.25, -0.2) is 5.10 Å². The van der Waals surface area contributed by atoms with Gasteiger partial charge in [0.25, 0.3) is 5.56 Å². The van der Waals surface area contributed by atoms with E-state index in [0.717, 1.165) is 30.3 Å². The fourth-order valence-electron chi connectivity index (χ4n) is 3.11. The number of carbonyl (C=O) groups excluding carboxylic acids is 1. The van der Waals surface area contributed by atoms with Crippen molar-refractivity contribution >= 4 is 34.8 Å². The van der Waals surface area contributed by atoms with Crippen LogP contribution in [0.3, 0.4) is 0 Å². The van der Waals surface area contributed by atoms with E-state index in [9.17, 15) is 9.59 Å². The molecule has 1 amide bonds. The van der Waals surface area contributed by atoms with Gasteiger partial charge in [0.1, 0.15) is 0 Å². The molecule has 3 aromatic rings. The first kappa shape index (κ1) is 23.1. The first-order chi connectivity index (χ1) is 14.2. The molecule has 1 heterocycles. The molecule has 2 aromatic carbocycles. The predicted octanol–water partition coefficient (Wildman–Crippen LogP) is 3.62. The van der Waals surface area contributed by atoms with Gasteiger partial charge in [0.15, 0.2) is 0 Å². The minimum absolute atomic E-state index is 0. The van der Waals surface area contributed by atoms with Crippen molar-refractivity contribution in [1.29, 1.82) is 5.26 Å². The highest BCUT2D eigenvalue weighted by Crippen LogP contribution is 2.26. The van der Waals surface area contributed by atoms with Crippen molar-refractivity contribution < 1.29 is 4.79 Å². The van der Waals surface area contributed by atoms with Crippen LogP contribution in [-0.2, 0) is 4.79 Å². The van der Waals surface area contributed by atoms with E-state index in [-0.39, 0.29) is 23.9 Å². The Balaban J connectivity index is 0.00000320. The minimum Gasteiger partial charge on any atom is -0.326 e. The number of rotatable bonds is 9. The Morgan fingerprint density at radius 1 is 1.07 bits per heavy atom. The molecule has 0 unspecified atom stereocenters. The number of fused-ring (bicyclic) bond motifs is 1. The van der Waals surface area contributed by atoms with Gasteiger partial charge in [0.2, 0.25) is 5.91 Å². The van der Waals surface area contributed by atoms with Crippen molar-refractivity contribution in [1.82, 2.24) is 15.5 Å². The maximum atomic E-state index is 12.2. The Hall–Kier alpha value is -3.21. The van der Waals surface area contributed by atoms with Crippen LogP contribution in [0.2, 0.25) is 0 Å². The van der Waals surface area contributed by atoms with Crippen molar-refractivity contribution in [3.8, 4) is 17.3 Å². The van der Waals surface area contributed by atoms with Crippen molar-refractivity contribution in [3.63, 3.8) is 0 Å². The normalized spacial score (nSPS) is 10.2. The number of nitrogens with one attached hydrogen (secondary N) is 3. The van der Waals surface area contributed by atoms with Crippen LogP contribution >= 0.6 is 12.4 Å². The maximum Gasteiger partial charge on any atom is 0.272 e. The Morgan fingerprint density at radius 3 is 2.67 bits per heavy atom. The highest BCUT2D eigenvalue weighted by atomic mass is 35.5. The number of unbranched alkanes of at least 4 members (excludes halogenated alkanes) is 1. The number of nitrogens with zero attached hydrogens (tertiary/aromatic N) is 2. The molecular formula is C22H24ClN5O2. The molecule has 0 radical (unpaired) electrons. The average Bonchev–Trinajstić information content (AvgIpc) is 2.74. The largest absolute Gasteiger partial charge is 0.326 e.